The summed E-state index contributed by atoms with van der Waals surface area (Å²) in [6, 6.07) is 12.0. The molecule has 2 aromatic heterocycles. The Morgan fingerprint density at radius 1 is 0.719 bits per heavy atom. The fourth-order valence-electron chi connectivity index (χ4n) is 3.95. The first kappa shape index (κ1) is 21.3. The Morgan fingerprint density at radius 2 is 1.09 bits per heavy atom. The molecule has 0 spiro atoms. The highest BCUT2D eigenvalue weighted by Gasteiger charge is 2.28. The van der Waals surface area contributed by atoms with E-state index in [0.29, 0.717) is 32.9 Å². The first-order chi connectivity index (χ1) is 15.3. The van der Waals surface area contributed by atoms with Gasteiger partial charge in [-0.2, -0.15) is 0 Å². The van der Waals surface area contributed by atoms with Crippen molar-refractivity contribution in [3.63, 3.8) is 0 Å². The summed E-state index contributed by atoms with van der Waals surface area (Å²) in [6.45, 7) is 0. The van der Waals surface area contributed by atoms with Crippen LogP contribution in [0.5, 0.6) is 0 Å². The molecule has 0 radical (unpaired) electrons. The number of benzene rings is 2. The number of hydrogen-bond acceptors (Lipinski definition) is 5. The van der Waals surface area contributed by atoms with Crippen molar-refractivity contribution >= 4 is 39.5 Å². The van der Waals surface area contributed by atoms with Gasteiger partial charge in [0.05, 0.1) is 11.4 Å². The summed E-state index contributed by atoms with van der Waals surface area (Å²) in [6.07, 6.45) is -0.102. The molecule has 0 unspecified atom stereocenters. The monoisotopic (exact) mass is 434 g/mol. The molecule has 4 rings (SSSR count). The minimum Gasteiger partial charge on any atom is -0.480 e. The number of aromatic nitrogens is 2. The zero-order valence-electron chi connectivity index (χ0n) is 17.0. The van der Waals surface area contributed by atoms with Crippen molar-refractivity contribution in [1.29, 1.82) is 0 Å². The molecule has 2 atom stereocenters. The fraction of sp³-hybridized carbons (Fsp3) is 0.174. The standard InChI is InChI=1S/C23H22N4O5/c24-15(22(29)30)9-13-11-5-1-3-7-17(11)26-19(13)21(28)20-14(10-16(25)23(31)32)12-6-2-4-8-18(12)27-20/h1-8,15-16,26-27H,9-10,24-25H2,(H,29,30)(H,31,32)/t15-,16-/m0/s1. The van der Waals surface area contributed by atoms with Crippen LogP contribution in [-0.4, -0.2) is 50.0 Å². The quantitative estimate of drug-likeness (QED) is 0.229. The minimum atomic E-state index is -1.19. The maximum Gasteiger partial charge on any atom is 0.320 e. The summed E-state index contributed by atoms with van der Waals surface area (Å²) < 4.78 is 0. The second-order valence-electron chi connectivity index (χ2n) is 7.68. The molecular weight excluding hydrogens is 412 g/mol. The maximum absolute atomic E-state index is 13.7. The van der Waals surface area contributed by atoms with Crippen LogP contribution >= 0.6 is 0 Å². The molecule has 2 heterocycles. The number of nitrogens with two attached hydrogens (primary N) is 2. The van der Waals surface area contributed by atoms with Crippen molar-refractivity contribution in [1.82, 2.24) is 9.97 Å². The van der Waals surface area contributed by atoms with E-state index in [0.717, 1.165) is 0 Å². The van der Waals surface area contributed by atoms with Crippen LogP contribution in [-0.2, 0) is 22.4 Å². The third-order valence-electron chi connectivity index (χ3n) is 5.56. The van der Waals surface area contributed by atoms with Gasteiger partial charge >= 0.3 is 11.9 Å². The van der Waals surface area contributed by atoms with Gasteiger partial charge in [0.25, 0.3) is 0 Å². The van der Waals surface area contributed by atoms with Crippen LogP contribution in [0.1, 0.15) is 27.3 Å². The predicted octanol–water partition coefficient (Wildman–Crippen LogP) is 1.79. The molecule has 164 valence electrons. The summed E-state index contributed by atoms with van der Waals surface area (Å²) in [5.41, 5.74) is 14.3. The number of nitrogens with one attached hydrogen (secondary N) is 2. The number of carboxylic acids is 2. The Labute approximate surface area is 182 Å². The van der Waals surface area contributed by atoms with Crippen molar-refractivity contribution < 1.29 is 24.6 Å². The number of rotatable bonds is 8. The Kier molecular flexibility index (Phi) is 5.52. The molecule has 0 aliphatic carbocycles. The van der Waals surface area contributed by atoms with Gasteiger partial charge in [0.1, 0.15) is 12.1 Å². The predicted molar refractivity (Wildman–Crippen MR) is 119 cm³/mol. The Morgan fingerprint density at radius 3 is 1.47 bits per heavy atom. The number of carbonyl (C=O) groups is 3. The smallest absolute Gasteiger partial charge is 0.320 e. The maximum atomic E-state index is 13.7. The van der Waals surface area contributed by atoms with Gasteiger partial charge in [-0.1, -0.05) is 36.4 Å². The fourth-order valence-corrected chi connectivity index (χ4v) is 3.95. The normalized spacial score (nSPS) is 13.3. The summed E-state index contributed by atoms with van der Waals surface area (Å²) in [5.74, 6) is -2.77. The number of hydrogen-bond donors (Lipinski definition) is 6. The molecule has 32 heavy (non-hydrogen) atoms. The average Bonchev–Trinajstić information content (AvgIpc) is 3.32. The molecule has 0 fully saturated rings. The lowest BCUT2D eigenvalue weighted by Crippen LogP contribution is -2.33. The van der Waals surface area contributed by atoms with Crippen LogP contribution < -0.4 is 11.5 Å². The van der Waals surface area contributed by atoms with Crippen molar-refractivity contribution in [3.05, 3.63) is 71.0 Å². The second-order valence-corrected chi connectivity index (χ2v) is 7.68. The lowest BCUT2D eigenvalue weighted by molar-refractivity contribution is -0.139. The Balaban J connectivity index is 1.88. The van der Waals surface area contributed by atoms with E-state index >= 15 is 0 Å². The molecule has 0 saturated carbocycles. The van der Waals surface area contributed by atoms with Gasteiger partial charge < -0.3 is 31.6 Å². The van der Waals surface area contributed by atoms with E-state index in [-0.39, 0.29) is 24.2 Å². The molecule has 0 aliphatic rings. The minimum absolute atomic E-state index is 0.0510. The molecule has 0 aliphatic heterocycles. The lowest BCUT2D eigenvalue weighted by atomic mass is 9.96. The topological polar surface area (TPSA) is 175 Å². The van der Waals surface area contributed by atoms with E-state index < -0.39 is 29.8 Å². The van der Waals surface area contributed by atoms with E-state index in [1.165, 1.54) is 0 Å². The van der Waals surface area contributed by atoms with Crippen molar-refractivity contribution in [2.24, 2.45) is 11.5 Å². The zero-order valence-corrected chi connectivity index (χ0v) is 17.0. The third kappa shape index (κ3) is 3.75. The summed E-state index contributed by atoms with van der Waals surface area (Å²) in [5, 5.41) is 20.0. The number of ketones is 1. The van der Waals surface area contributed by atoms with Gasteiger partial charge in [-0.25, -0.2) is 0 Å². The Bertz CT molecular complexity index is 1250. The van der Waals surface area contributed by atoms with E-state index in [2.05, 4.69) is 9.97 Å². The molecule has 9 nitrogen and oxygen atoms in total. The van der Waals surface area contributed by atoms with Crippen molar-refractivity contribution in [2.45, 2.75) is 24.9 Å². The number of aromatic amines is 2. The van der Waals surface area contributed by atoms with Gasteiger partial charge in [-0.3, -0.25) is 14.4 Å². The average molecular weight is 434 g/mol. The number of carboxylic acid groups (broad SMARTS) is 2. The van der Waals surface area contributed by atoms with Crippen molar-refractivity contribution in [2.75, 3.05) is 0 Å². The van der Waals surface area contributed by atoms with E-state index in [4.69, 9.17) is 11.5 Å². The number of H-pyrrole nitrogens is 2. The van der Waals surface area contributed by atoms with Gasteiger partial charge in [0, 0.05) is 34.6 Å². The van der Waals surface area contributed by atoms with E-state index in [1.54, 1.807) is 48.5 Å². The molecule has 0 amide bonds. The summed E-state index contributed by atoms with van der Waals surface area (Å²) >= 11 is 0. The molecule has 0 bridgehead atoms. The number of para-hydroxylation sites is 2. The molecule has 0 saturated heterocycles. The Hall–Kier alpha value is -3.95. The highest BCUT2D eigenvalue weighted by atomic mass is 16.4. The number of carbonyl (C=O) groups excluding carboxylic acids is 1. The van der Waals surface area contributed by atoms with E-state index in [1.807, 2.05) is 0 Å². The van der Waals surface area contributed by atoms with Gasteiger partial charge in [0.2, 0.25) is 5.78 Å². The molecule has 9 heteroatoms. The first-order valence-corrected chi connectivity index (χ1v) is 9.98. The van der Waals surface area contributed by atoms with Crippen LogP contribution in [0.15, 0.2) is 48.5 Å². The highest BCUT2D eigenvalue weighted by Crippen LogP contribution is 2.30. The molecule has 4 aromatic rings. The largest absolute Gasteiger partial charge is 0.480 e. The van der Waals surface area contributed by atoms with Gasteiger partial charge in [0.15, 0.2) is 0 Å². The first-order valence-electron chi connectivity index (χ1n) is 9.98. The SMILES string of the molecule is N[C@@H](Cc1c(C(=O)c2[nH]c3ccccc3c2C[C@H](N)C(=O)O)[nH]c2ccccc12)C(=O)O. The summed E-state index contributed by atoms with van der Waals surface area (Å²) in [7, 11) is 0. The van der Waals surface area contributed by atoms with Crippen molar-refractivity contribution in [3.8, 4) is 0 Å². The summed E-state index contributed by atoms with van der Waals surface area (Å²) in [4.78, 5) is 42.6. The van der Waals surface area contributed by atoms with Gasteiger partial charge in [-0.05, 0) is 23.3 Å². The highest BCUT2D eigenvalue weighted by molar-refractivity contribution is 6.14. The third-order valence-corrected chi connectivity index (χ3v) is 5.56. The zero-order chi connectivity index (χ0) is 23.0. The number of fused-ring (bicyclic) bond motifs is 2. The second kappa shape index (κ2) is 8.29. The molecule has 8 N–H and O–H groups in total. The van der Waals surface area contributed by atoms with Crippen LogP contribution in [0.4, 0.5) is 0 Å². The van der Waals surface area contributed by atoms with E-state index in [9.17, 15) is 24.6 Å². The molecule has 2 aromatic carbocycles. The number of aliphatic carboxylic acids is 2. The van der Waals surface area contributed by atoms with Crippen LogP contribution in [0, 0.1) is 0 Å². The van der Waals surface area contributed by atoms with Gasteiger partial charge in [-0.15, -0.1) is 0 Å². The van der Waals surface area contributed by atoms with Crippen LogP contribution in [0.25, 0.3) is 21.8 Å². The van der Waals surface area contributed by atoms with Crippen LogP contribution in [0.2, 0.25) is 0 Å². The van der Waals surface area contributed by atoms with Crippen LogP contribution in [0.3, 0.4) is 0 Å². The molecular formula is C23H22N4O5. The lowest BCUT2D eigenvalue weighted by Gasteiger charge is -2.10.